The van der Waals surface area contributed by atoms with E-state index < -0.39 is 4.33 Å². The number of amides is 1. The van der Waals surface area contributed by atoms with E-state index >= 15 is 0 Å². The number of hydrogen-bond acceptors (Lipinski definition) is 1. The summed E-state index contributed by atoms with van der Waals surface area (Å²) >= 11 is 11.9. The minimum Gasteiger partial charge on any atom is -0.356 e. The van der Waals surface area contributed by atoms with Crippen LogP contribution in [0.25, 0.3) is 0 Å². The lowest BCUT2D eigenvalue weighted by atomic mass is 9.94. The van der Waals surface area contributed by atoms with Crippen molar-refractivity contribution in [3.63, 3.8) is 0 Å². The Bertz CT molecular complexity index is 216. The van der Waals surface area contributed by atoms with E-state index in [1.807, 2.05) is 0 Å². The van der Waals surface area contributed by atoms with E-state index in [9.17, 15) is 4.79 Å². The second-order valence-electron chi connectivity index (χ2n) is 3.44. The average Bonchev–Trinajstić information content (AvgIpc) is 2.32. The standard InChI is InChI=1S/C7H9Cl2NO/c8-7(9)4-6(7)1-2-10-5(11)3-6/h1-4H2,(H,10,11). The van der Waals surface area contributed by atoms with Gasteiger partial charge in [0.2, 0.25) is 5.91 Å². The third kappa shape index (κ3) is 1.04. The molecule has 1 aliphatic heterocycles. The van der Waals surface area contributed by atoms with Crippen LogP contribution < -0.4 is 5.32 Å². The van der Waals surface area contributed by atoms with Gasteiger partial charge in [0.05, 0.1) is 0 Å². The smallest absolute Gasteiger partial charge is 0.220 e. The number of piperidine rings is 1. The number of rotatable bonds is 0. The van der Waals surface area contributed by atoms with Gasteiger partial charge in [0, 0.05) is 18.4 Å². The summed E-state index contributed by atoms with van der Waals surface area (Å²) < 4.78 is -0.620. The van der Waals surface area contributed by atoms with Crippen LogP contribution in [0.1, 0.15) is 19.3 Å². The SMILES string of the molecule is O=C1CC2(CCN1)CC2(Cl)Cl. The lowest BCUT2D eigenvalue weighted by molar-refractivity contribution is -0.123. The molecule has 0 bridgehead atoms. The lowest BCUT2D eigenvalue weighted by Crippen LogP contribution is -2.36. The average molecular weight is 194 g/mol. The molecule has 2 rings (SSSR count). The van der Waals surface area contributed by atoms with Crippen LogP contribution in [0.3, 0.4) is 0 Å². The summed E-state index contributed by atoms with van der Waals surface area (Å²) in [5.74, 6) is 0.0828. The fraction of sp³-hybridized carbons (Fsp3) is 0.857. The van der Waals surface area contributed by atoms with E-state index in [2.05, 4.69) is 5.32 Å². The Hall–Kier alpha value is 0.0500. The van der Waals surface area contributed by atoms with E-state index in [1.165, 1.54) is 0 Å². The van der Waals surface area contributed by atoms with Crippen molar-refractivity contribution in [2.24, 2.45) is 5.41 Å². The molecule has 0 aromatic heterocycles. The summed E-state index contributed by atoms with van der Waals surface area (Å²) in [6.07, 6.45) is 2.20. The minimum absolute atomic E-state index is 0.0828. The van der Waals surface area contributed by atoms with E-state index in [-0.39, 0.29) is 11.3 Å². The zero-order valence-electron chi connectivity index (χ0n) is 5.99. The molecule has 1 heterocycles. The number of halogens is 2. The molecule has 2 nitrogen and oxygen atoms in total. The predicted octanol–water partition coefficient (Wildman–Crippen LogP) is 1.46. The van der Waals surface area contributed by atoms with Gasteiger partial charge in [-0.2, -0.15) is 0 Å². The van der Waals surface area contributed by atoms with Crippen molar-refractivity contribution in [2.75, 3.05) is 6.54 Å². The highest BCUT2D eigenvalue weighted by atomic mass is 35.5. The maximum Gasteiger partial charge on any atom is 0.220 e. The molecule has 1 atom stereocenters. The summed E-state index contributed by atoms with van der Waals surface area (Å²) in [6.45, 7) is 0.722. The van der Waals surface area contributed by atoms with Crippen LogP contribution in [0.4, 0.5) is 0 Å². The van der Waals surface area contributed by atoms with Gasteiger partial charge in [-0.3, -0.25) is 4.79 Å². The molecule has 1 spiro atoms. The molecule has 4 heteroatoms. The normalized spacial score (nSPS) is 40.4. The van der Waals surface area contributed by atoms with Crippen LogP contribution in [0.5, 0.6) is 0 Å². The van der Waals surface area contributed by atoms with Crippen LogP contribution in [0.15, 0.2) is 0 Å². The van der Waals surface area contributed by atoms with Crippen molar-refractivity contribution < 1.29 is 4.79 Å². The van der Waals surface area contributed by atoms with Crippen molar-refractivity contribution in [3.05, 3.63) is 0 Å². The van der Waals surface area contributed by atoms with Crippen molar-refractivity contribution in [3.8, 4) is 0 Å². The first-order chi connectivity index (χ1) is 5.06. The molecule has 0 aromatic carbocycles. The number of carbonyl (C=O) groups is 1. The Labute approximate surface area is 75.2 Å². The van der Waals surface area contributed by atoms with E-state index in [1.54, 1.807) is 0 Å². The lowest BCUT2D eigenvalue weighted by Gasteiger charge is -2.22. The quantitative estimate of drug-likeness (QED) is 0.581. The van der Waals surface area contributed by atoms with E-state index in [0.717, 1.165) is 19.4 Å². The molecule has 1 unspecified atom stereocenters. The molecule has 1 aliphatic carbocycles. The highest BCUT2D eigenvalue weighted by Gasteiger charge is 2.67. The van der Waals surface area contributed by atoms with Gasteiger partial charge >= 0.3 is 0 Å². The molecule has 1 saturated heterocycles. The predicted molar refractivity (Wildman–Crippen MR) is 43.7 cm³/mol. The van der Waals surface area contributed by atoms with Crippen molar-refractivity contribution >= 4 is 29.1 Å². The summed E-state index contributed by atoms with van der Waals surface area (Å²) in [7, 11) is 0. The minimum atomic E-state index is -0.620. The van der Waals surface area contributed by atoms with E-state index in [4.69, 9.17) is 23.2 Å². The number of nitrogens with one attached hydrogen (secondary N) is 1. The fourth-order valence-electron chi connectivity index (χ4n) is 1.74. The first kappa shape index (κ1) is 7.69. The molecular weight excluding hydrogens is 185 g/mol. The summed E-state index contributed by atoms with van der Waals surface area (Å²) in [6, 6.07) is 0. The zero-order chi connectivity index (χ0) is 8.11. The number of alkyl halides is 2. The van der Waals surface area contributed by atoms with Crippen molar-refractivity contribution in [2.45, 2.75) is 23.6 Å². The molecular formula is C7H9Cl2NO. The maximum atomic E-state index is 11.0. The molecule has 1 amide bonds. The Morgan fingerprint density at radius 3 is 2.45 bits per heavy atom. The van der Waals surface area contributed by atoms with Gasteiger partial charge in [-0.1, -0.05) is 0 Å². The number of hydrogen-bond donors (Lipinski definition) is 1. The Kier molecular flexibility index (Phi) is 1.43. The largest absolute Gasteiger partial charge is 0.356 e. The first-order valence-corrected chi connectivity index (χ1v) is 4.46. The highest BCUT2D eigenvalue weighted by molar-refractivity contribution is 6.51. The summed E-state index contributed by atoms with van der Waals surface area (Å²) in [4.78, 5) is 11.0. The molecule has 2 aliphatic rings. The molecule has 0 radical (unpaired) electrons. The molecule has 2 fully saturated rings. The molecule has 1 saturated carbocycles. The maximum absolute atomic E-state index is 11.0. The van der Waals surface area contributed by atoms with Gasteiger partial charge in [-0.15, -0.1) is 23.2 Å². The van der Waals surface area contributed by atoms with Gasteiger partial charge in [-0.25, -0.2) is 0 Å². The molecule has 62 valence electrons. The van der Waals surface area contributed by atoms with Crippen LogP contribution in [-0.4, -0.2) is 16.8 Å². The van der Waals surface area contributed by atoms with E-state index in [0.29, 0.717) is 6.42 Å². The highest BCUT2D eigenvalue weighted by Crippen LogP contribution is 2.68. The fourth-order valence-corrected chi connectivity index (χ4v) is 2.58. The third-order valence-corrected chi connectivity index (χ3v) is 3.71. The van der Waals surface area contributed by atoms with Crippen molar-refractivity contribution in [1.82, 2.24) is 5.32 Å². The van der Waals surface area contributed by atoms with Gasteiger partial charge in [0.15, 0.2) is 0 Å². The second-order valence-corrected chi connectivity index (χ2v) is 4.92. The van der Waals surface area contributed by atoms with Gasteiger partial charge in [0.25, 0.3) is 0 Å². The molecule has 11 heavy (non-hydrogen) atoms. The molecule has 1 N–H and O–H groups in total. The Morgan fingerprint density at radius 1 is 1.45 bits per heavy atom. The van der Waals surface area contributed by atoms with Crippen LogP contribution in [0.2, 0.25) is 0 Å². The van der Waals surface area contributed by atoms with Crippen molar-refractivity contribution in [1.29, 1.82) is 0 Å². The number of carbonyl (C=O) groups excluding carboxylic acids is 1. The van der Waals surface area contributed by atoms with Gasteiger partial charge < -0.3 is 5.32 Å². The first-order valence-electron chi connectivity index (χ1n) is 3.70. The van der Waals surface area contributed by atoms with Gasteiger partial charge in [-0.05, 0) is 12.8 Å². The summed E-state index contributed by atoms with van der Waals surface area (Å²) in [5, 5.41) is 2.76. The topological polar surface area (TPSA) is 29.1 Å². The Morgan fingerprint density at radius 2 is 2.09 bits per heavy atom. The summed E-state index contributed by atoms with van der Waals surface area (Å²) in [5.41, 5.74) is -0.0849. The van der Waals surface area contributed by atoms with Crippen LogP contribution in [0, 0.1) is 5.41 Å². The monoisotopic (exact) mass is 193 g/mol. The second kappa shape index (κ2) is 2.05. The van der Waals surface area contributed by atoms with Crippen LogP contribution in [-0.2, 0) is 4.79 Å². The van der Waals surface area contributed by atoms with Crippen LogP contribution >= 0.6 is 23.2 Å². The molecule has 0 aromatic rings. The zero-order valence-corrected chi connectivity index (χ0v) is 7.50. The Balaban J connectivity index is 2.11. The van der Waals surface area contributed by atoms with Gasteiger partial charge in [0.1, 0.15) is 4.33 Å². The third-order valence-electron chi connectivity index (χ3n) is 2.64.